The van der Waals surface area contributed by atoms with Crippen molar-refractivity contribution in [1.82, 2.24) is 0 Å². The van der Waals surface area contributed by atoms with Crippen LogP contribution in [0.3, 0.4) is 0 Å². The molecule has 92 valence electrons. The second-order valence-corrected chi connectivity index (χ2v) is 4.80. The molecule has 0 atom stereocenters. The lowest BCUT2D eigenvalue weighted by atomic mass is 9.84. The summed E-state index contributed by atoms with van der Waals surface area (Å²) in [6, 6.07) is 6.02. The molecule has 0 radical (unpaired) electrons. The standard InChI is InChI=1S/C12H11BrF3N/c1-11(2,7-17)9-4-3-8(6-13)10(5-9)12(14,15)16/h3-5H,6H2,1-2H3. The van der Waals surface area contributed by atoms with Crippen molar-refractivity contribution in [3.05, 3.63) is 34.9 Å². The molecule has 0 aliphatic heterocycles. The van der Waals surface area contributed by atoms with Gasteiger partial charge in [-0.25, -0.2) is 0 Å². The van der Waals surface area contributed by atoms with Gasteiger partial charge in [0.25, 0.3) is 0 Å². The van der Waals surface area contributed by atoms with E-state index < -0.39 is 17.2 Å². The predicted molar refractivity (Wildman–Crippen MR) is 62.7 cm³/mol. The van der Waals surface area contributed by atoms with Crippen LogP contribution in [0.5, 0.6) is 0 Å². The maximum atomic E-state index is 12.8. The van der Waals surface area contributed by atoms with Crippen LogP contribution in [0.15, 0.2) is 18.2 Å². The molecule has 0 aliphatic carbocycles. The maximum absolute atomic E-state index is 12.8. The fourth-order valence-electron chi connectivity index (χ4n) is 1.41. The van der Waals surface area contributed by atoms with Gasteiger partial charge in [0, 0.05) is 5.33 Å². The summed E-state index contributed by atoms with van der Waals surface area (Å²) in [4.78, 5) is 0. The molecule has 0 amide bonds. The molecule has 1 aromatic carbocycles. The number of rotatable bonds is 2. The monoisotopic (exact) mass is 305 g/mol. The van der Waals surface area contributed by atoms with Crippen LogP contribution in [0.4, 0.5) is 13.2 Å². The molecule has 1 nitrogen and oxygen atoms in total. The van der Waals surface area contributed by atoms with Crippen molar-refractivity contribution in [1.29, 1.82) is 5.26 Å². The lowest BCUT2D eigenvalue weighted by molar-refractivity contribution is -0.138. The third-order valence-electron chi connectivity index (χ3n) is 2.56. The van der Waals surface area contributed by atoms with E-state index in [1.165, 1.54) is 6.07 Å². The molecule has 1 aromatic rings. The molecule has 0 bridgehead atoms. The summed E-state index contributed by atoms with van der Waals surface area (Å²) in [5.41, 5.74) is -1.06. The van der Waals surface area contributed by atoms with Crippen LogP contribution < -0.4 is 0 Å². The first-order valence-electron chi connectivity index (χ1n) is 4.90. The zero-order valence-electron chi connectivity index (χ0n) is 9.40. The summed E-state index contributed by atoms with van der Waals surface area (Å²) in [6.07, 6.45) is -4.40. The van der Waals surface area contributed by atoms with Crippen molar-refractivity contribution in [3.8, 4) is 6.07 Å². The van der Waals surface area contributed by atoms with Gasteiger partial charge in [0.05, 0.1) is 17.0 Å². The molecule has 0 N–H and O–H groups in total. The van der Waals surface area contributed by atoms with E-state index in [2.05, 4.69) is 15.9 Å². The van der Waals surface area contributed by atoms with Crippen molar-refractivity contribution in [3.63, 3.8) is 0 Å². The van der Waals surface area contributed by atoms with Gasteiger partial charge in [-0.2, -0.15) is 18.4 Å². The van der Waals surface area contributed by atoms with E-state index in [0.717, 1.165) is 6.07 Å². The van der Waals surface area contributed by atoms with E-state index in [1.54, 1.807) is 19.9 Å². The minimum Gasteiger partial charge on any atom is -0.197 e. The Labute approximate surface area is 106 Å². The third-order valence-corrected chi connectivity index (χ3v) is 3.16. The van der Waals surface area contributed by atoms with Gasteiger partial charge >= 0.3 is 6.18 Å². The third kappa shape index (κ3) is 3.01. The highest BCUT2D eigenvalue weighted by molar-refractivity contribution is 9.08. The normalized spacial score (nSPS) is 12.3. The van der Waals surface area contributed by atoms with Crippen LogP contribution in [-0.2, 0) is 16.9 Å². The van der Waals surface area contributed by atoms with Gasteiger partial charge in [0.2, 0.25) is 0 Å². The molecule has 0 spiro atoms. The number of hydrogen-bond donors (Lipinski definition) is 0. The first-order valence-corrected chi connectivity index (χ1v) is 6.02. The Balaban J connectivity index is 3.39. The number of benzene rings is 1. The smallest absolute Gasteiger partial charge is 0.197 e. The highest BCUT2D eigenvalue weighted by Gasteiger charge is 2.34. The molecular weight excluding hydrogens is 295 g/mol. The molecule has 0 heterocycles. The van der Waals surface area contributed by atoms with E-state index in [9.17, 15) is 13.2 Å². The van der Waals surface area contributed by atoms with Gasteiger partial charge in [-0.1, -0.05) is 28.1 Å². The first-order chi connectivity index (χ1) is 7.72. The first kappa shape index (κ1) is 14.0. The quantitative estimate of drug-likeness (QED) is 0.743. The van der Waals surface area contributed by atoms with Crippen molar-refractivity contribution < 1.29 is 13.2 Å². The van der Waals surface area contributed by atoms with Crippen LogP contribution in [0, 0.1) is 11.3 Å². The van der Waals surface area contributed by atoms with Crippen molar-refractivity contribution >= 4 is 15.9 Å². The van der Waals surface area contributed by atoms with Gasteiger partial charge in [0.1, 0.15) is 0 Å². The number of hydrogen-bond acceptors (Lipinski definition) is 1. The topological polar surface area (TPSA) is 23.8 Å². The maximum Gasteiger partial charge on any atom is 0.416 e. The van der Waals surface area contributed by atoms with Gasteiger partial charge < -0.3 is 0 Å². The van der Waals surface area contributed by atoms with Crippen molar-refractivity contribution in [2.24, 2.45) is 0 Å². The molecule has 5 heteroatoms. The second-order valence-electron chi connectivity index (χ2n) is 4.24. The molecule has 0 saturated carbocycles. The summed E-state index contributed by atoms with van der Waals surface area (Å²) in [6.45, 7) is 3.19. The molecule has 17 heavy (non-hydrogen) atoms. The number of nitrogens with zero attached hydrogens (tertiary/aromatic N) is 1. The lowest BCUT2D eigenvalue weighted by Crippen LogP contribution is -2.17. The summed E-state index contributed by atoms with van der Waals surface area (Å²) in [5.74, 6) is 0. The Kier molecular flexibility index (Phi) is 3.88. The molecule has 0 fully saturated rings. The Morgan fingerprint density at radius 1 is 1.29 bits per heavy atom. The van der Waals surface area contributed by atoms with E-state index in [1.807, 2.05) is 6.07 Å². The van der Waals surface area contributed by atoms with E-state index in [-0.39, 0.29) is 10.9 Å². The zero-order chi connectivity index (χ0) is 13.3. The van der Waals surface area contributed by atoms with Crippen LogP contribution >= 0.6 is 15.9 Å². The van der Waals surface area contributed by atoms with E-state index in [4.69, 9.17) is 5.26 Å². The molecule has 1 rings (SSSR count). The fourth-order valence-corrected chi connectivity index (χ4v) is 1.90. The highest BCUT2D eigenvalue weighted by Crippen LogP contribution is 2.36. The fraction of sp³-hybridized carbons (Fsp3) is 0.417. The molecule has 0 saturated heterocycles. The van der Waals surface area contributed by atoms with Gasteiger partial charge in [-0.3, -0.25) is 0 Å². The van der Waals surface area contributed by atoms with Gasteiger partial charge in [0.15, 0.2) is 0 Å². The Morgan fingerprint density at radius 2 is 1.88 bits per heavy atom. The molecule has 0 unspecified atom stereocenters. The largest absolute Gasteiger partial charge is 0.416 e. The number of alkyl halides is 4. The Morgan fingerprint density at radius 3 is 2.29 bits per heavy atom. The summed E-state index contributed by atoms with van der Waals surface area (Å²) in [7, 11) is 0. The summed E-state index contributed by atoms with van der Waals surface area (Å²) >= 11 is 3.03. The Hall–Kier alpha value is -1.02. The predicted octanol–water partition coefficient (Wildman–Crippen LogP) is 4.40. The van der Waals surface area contributed by atoms with Gasteiger partial charge in [-0.15, -0.1) is 0 Å². The van der Waals surface area contributed by atoms with Crippen LogP contribution in [0.1, 0.15) is 30.5 Å². The molecule has 0 aromatic heterocycles. The number of halogens is 4. The average molecular weight is 306 g/mol. The van der Waals surface area contributed by atoms with Crippen molar-refractivity contribution in [2.75, 3.05) is 0 Å². The SMILES string of the molecule is CC(C)(C#N)c1ccc(CBr)c(C(F)(F)F)c1. The van der Waals surface area contributed by atoms with Gasteiger partial charge in [-0.05, 0) is 31.0 Å². The zero-order valence-corrected chi connectivity index (χ0v) is 11.0. The summed E-state index contributed by atoms with van der Waals surface area (Å²) in [5, 5.41) is 9.06. The minimum atomic E-state index is -4.40. The Bertz CT molecular complexity index is 458. The van der Waals surface area contributed by atoms with E-state index in [0.29, 0.717) is 5.56 Å². The molecule has 0 aliphatic rings. The van der Waals surface area contributed by atoms with Crippen LogP contribution in [0.2, 0.25) is 0 Å². The van der Waals surface area contributed by atoms with E-state index >= 15 is 0 Å². The summed E-state index contributed by atoms with van der Waals surface area (Å²) < 4.78 is 38.4. The second kappa shape index (κ2) is 4.69. The average Bonchev–Trinajstić information content (AvgIpc) is 2.27. The minimum absolute atomic E-state index is 0.134. The van der Waals surface area contributed by atoms with Crippen molar-refractivity contribution in [2.45, 2.75) is 30.8 Å². The van der Waals surface area contributed by atoms with Crippen LogP contribution in [0.25, 0.3) is 0 Å². The number of nitriles is 1. The van der Waals surface area contributed by atoms with Crippen LogP contribution in [-0.4, -0.2) is 0 Å². The highest BCUT2D eigenvalue weighted by atomic mass is 79.9. The molecular formula is C12H11BrF3N. The lowest BCUT2D eigenvalue weighted by Gasteiger charge is -2.19.